The molecule has 366 valence electrons. The molecule has 0 saturated carbocycles. The average Bonchev–Trinajstić information content (AvgIpc) is 3.39. The Balaban J connectivity index is 1.61. The number of halogens is 26. The second kappa shape index (κ2) is 15.1. The third-order valence-electron chi connectivity index (χ3n) is 10.1. The van der Waals surface area contributed by atoms with Crippen LogP contribution in [-0.2, 0) is 11.8 Å². The molecule has 5 aromatic carbocycles. The van der Waals surface area contributed by atoms with Crippen molar-refractivity contribution in [2.45, 2.75) is 71.6 Å². The van der Waals surface area contributed by atoms with Gasteiger partial charge >= 0.3 is 71.6 Å². The van der Waals surface area contributed by atoms with Crippen molar-refractivity contribution in [1.82, 2.24) is 0 Å². The van der Waals surface area contributed by atoms with E-state index in [1.165, 1.54) is 30.3 Å². The van der Waals surface area contributed by atoms with Crippen LogP contribution in [0, 0.1) is 0 Å². The zero-order valence-electron chi connectivity index (χ0n) is 31.3. The van der Waals surface area contributed by atoms with Crippen LogP contribution in [0.25, 0.3) is 48.8 Å². The maximum absolute atomic E-state index is 15.3. The van der Waals surface area contributed by atoms with Gasteiger partial charge in [-0.05, 0) is 57.9 Å². The highest BCUT2D eigenvalue weighted by molar-refractivity contribution is 7.45. The van der Waals surface area contributed by atoms with Crippen LogP contribution in [0.1, 0.15) is 11.1 Å². The van der Waals surface area contributed by atoms with E-state index in [1.54, 1.807) is 0 Å². The summed E-state index contributed by atoms with van der Waals surface area (Å²) in [5.41, 5.74) is -5.89. The van der Waals surface area contributed by atoms with Gasteiger partial charge in [0.15, 0.2) is 0 Å². The normalized spacial score (nSPS) is 15.0. The van der Waals surface area contributed by atoms with Gasteiger partial charge in [-0.3, -0.25) is 0 Å². The molecule has 0 fully saturated rings. The minimum atomic E-state index is -8.24. The van der Waals surface area contributed by atoms with Crippen LogP contribution in [0.15, 0.2) is 99.4 Å². The predicted octanol–water partition coefficient (Wildman–Crippen LogP) is 17.0. The van der Waals surface area contributed by atoms with Crippen LogP contribution in [0.3, 0.4) is 0 Å². The summed E-state index contributed by atoms with van der Waals surface area (Å²) in [6.45, 7) is 0. The Morgan fingerprint density at radius 2 is 0.627 bits per heavy atom. The summed E-state index contributed by atoms with van der Waals surface area (Å²) in [7, 11) is -2.47. The number of rotatable bonds is 11. The van der Waals surface area contributed by atoms with Gasteiger partial charge in [-0.25, -0.2) is 0 Å². The highest BCUT2D eigenvalue weighted by Crippen LogP contribution is 2.64. The topological polar surface area (TPSA) is 26.3 Å². The molecule has 0 spiro atoms. The van der Waals surface area contributed by atoms with Crippen LogP contribution in [0.5, 0.6) is 0 Å². The van der Waals surface area contributed by atoms with Crippen molar-refractivity contribution in [3.63, 3.8) is 0 Å². The lowest BCUT2D eigenvalue weighted by atomic mass is 9.88. The van der Waals surface area contributed by atoms with Crippen molar-refractivity contribution >= 4 is 51.5 Å². The molecule has 0 aliphatic rings. The van der Waals surface area contributed by atoms with Crippen LogP contribution in [0.2, 0.25) is 0 Å². The zero-order valence-corrected chi connectivity index (χ0v) is 32.1. The molecule has 2 nitrogen and oxygen atoms in total. The fraction of sp³-hybridized carbons (Fsp3) is 0.316. The second-order valence-electron chi connectivity index (χ2n) is 14.3. The van der Waals surface area contributed by atoms with Crippen molar-refractivity contribution < 1.29 is 123 Å². The van der Waals surface area contributed by atoms with Gasteiger partial charge in [0.1, 0.15) is 11.2 Å². The molecule has 29 heteroatoms. The number of hydrogen-bond donors (Lipinski definition) is 0. The fourth-order valence-corrected chi connectivity index (χ4v) is 7.76. The van der Waals surface area contributed by atoms with Crippen molar-refractivity contribution in [3.8, 4) is 5.30 Å². The molecule has 0 bridgehead atoms. The molecule has 0 radical (unpaired) electrons. The maximum atomic E-state index is 15.3. The molecule has 0 saturated heterocycles. The van der Waals surface area contributed by atoms with Crippen LogP contribution in [0.4, 0.5) is 114 Å². The van der Waals surface area contributed by atoms with E-state index in [0.717, 1.165) is 12.1 Å². The molecular formula is C38H15F26O2P. The Morgan fingerprint density at radius 1 is 0.313 bits per heavy atom. The molecule has 6 aromatic rings. The fourth-order valence-electron chi connectivity index (χ4n) is 6.43. The third kappa shape index (κ3) is 7.01. The van der Waals surface area contributed by atoms with E-state index in [4.69, 9.17) is 8.39 Å². The Hall–Kier alpha value is -5.30. The second-order valence-corrected chi connectivity index (χ2v) is 15.7. The van der Waals surface area contributed by atoms with Crippen LogP contribution in [-0.4, -0.2) is 59.7 Å². The Kier molecular flexibility index (Phi) is 11.5. The Labute approximate surface area is 353 Å². The van der Waals surface area contributed by atoms with Crippen molar-refractivity contribution in [2.75, 3.05) is 0 Å². The average molecular weight is 1030 g/mol. The van der Waals surface area contributed by atoms with Crippen LogP contribution >= 0.6 is 8.01 Å². The van der Waals surface area contributed by atoms with Gasteiger partial charge in [0.2, 0.25) is 0 Å². The van der Waals surface area contributed by atoms with Gasteiger partial charge in [-0.2, -0.15) is 114 Å². The van der Waals surface area contributed by atoms with E-state index in [9.17, 15) is 96.6 Å². The highest BCUT2D eigenvalue weighted by atomic mass is 31.1. The highest BCUT2D eigenvalue weighted by Gasteiger charge is 2.92. The first-order valence-corrected chi connectivity index (χ1v) is 18.5. The maximum Gasteiger partial charge on any atom is 0.460 e. The monoisotopic (exact) mass is 1030 g/mol. The molecule has 67 heavy (non-hydrogen) atoms. The zero-order chi connectivity index (χ0) is 50.9. The van der Waals surface area contributed by atoms with Gasteiger partial charge in [0, 0.05) is 21.9 Å². The summed E-state index contributed by atoms with van der Waals surface area (Å²) in [6, 6.07) is 9.61. The van der Waals surface area contributed by atoms with E-state index in [1.807, 2.05) is 0 Å². The summed E-state index contributed by atoms with van der Waals surface area (Å²) in [4.78, 5) is 0. The lowest BCUT2D eigenvalue weighted by Crippen LogP contribution is -2.69. The molecule has 0 amide bonds. The summed E-state index contributed by atoms with van der Waals surface area (Å²) in [6.07, 6.45) is -15.4. The first-order chi connectivity index (χ1) is 30.1. The predicted molar refractivity (Wildman–Crippen MR) is 182 cm³/mol. The summed E-state index contributed by atoms with van der Waals surface area (Å²) in [5, 5.41) is -3.93. The SMILES string of the molecule is FC(F)(F)C(F)(F)C(F)(F)C(F)(F)C(F)(F)C(F)(F)c1ccc2c(ccc3op(-c4ccccc4)oc4ccc5cc(C(F)(F)C(F)(F)C(F)(F)C(F)(F)C(F)(F)C(F)(F)F)ccc5c4c32)c1. The van der Waals surface area contributed by atoms with E-state index in [-0.39, 0.29) is 41.7 Å². The van der Waals surface area contributed by atoms with Gasteiger partial charge in [0.05, 0.1) is 5.30 Å². The third-order valence-corrected chi connectivity index (χ3v) is 11.6. The first-order valence-electron chi connectivity index (χ1n) is 17.4. The largest absolute Gasteiger partial charge is 0.460 e. The lowest BCUT2D eigenvalue weighted by molar-refractivity contribution is -0.441. The van der Waals surface area contributed by atoms with Gasteiger partial charge < -0.3 is 8.39 Å². The number of hydrogen-bond acceptors (Lipinski definition) is 2. The molecule has 1 aromatic heterocycles. The lowest BCUT2D eigenvalue weighted by Gasteiger charge is -2.39. The molecule has 0 aliphatic carbocycles. The Bertz CT molecular complexity index is 2740. The van der Waals surface area contributed by atoms with E-state index < -0.39 is 134 Å². The van der Waals surface area contributed by atoms with E-state index in [0.29, 0.717) is 12.1 Å². The van der Waals surface area contributed by atoms with E-state index >= 15 is 17.6 Å². The molecule has 0 N–H and O–H groups in total. The van der Waals surface area contributed by atoms with Gasteiger partial charge in [-0.1, -0.05) is 54.6 Å². The Morgan fingerprint density at radius 3 is 0.940 bits per heavy atom. The van der Waals surface area contributed by atoms with E-state index in [2.05, 4.69) is 0 Å². The molecule has 6 rings (SSSR count). The number of benzene rings is 5. The van der Waals surface area contributed by atoms with Crippen molar-refractivity contribution in [2.24, 2.45) is 0 Å². The standard InChI is InChI=1S/C38H15F26O2P/c39-27(40,29(43,44)31(47,48)33(51,52)35(55,56)37(59,60)61)18-8-10-21-16(14-18)6-12-23-25(21)26-22-11-9-19(15-17(22)7-13-24(26)66-67(65-23)20-4-2-1-3-5-20)28(41,42)30(45,46)32(49,50)34(53,54)36(57,58)38(62,63)64/h1-15H. The quantitative estimate of drug-likeness (QED) is 0.121. The smallest absolute Gasteiger partial charge is 0.416 e. The van der Waals surface area contributed by atoms with Crippen molar-refractivity contribution in [3.05, 3.63) is 102 Å². The summed E-state index contributed by atoms with van der Waals surface area (Å²) >= 11 is 0. The molecule has 0 unspecified atom stereocenters. The van der Waals surface area contributed by atoms with Gasteiger partial charge in [0.25, 0.3) is 8.01 Å². The minimum absolute atomic E-state index is 0.175. The van der Waals surface area contributed by atoms with Crippen LogP contribution < -0.4 is 0 Å². The molecule has 1 heterocycles. The summed E-state index contributed by atoms with van der Waals surface area (Å²) in [5.74, 6) is -78.0. The number of fused-ring (bicyclic) bond motifs is 7. The van der Waals surface area contributed by atoms with Crippen molar-refractivity contribution in [1.29, 1.82) is 0 Å². The molecule has 0 aliphatic heterocycles. The molecular weight excluding hydrogens is 1010 g/mol. The van der Waals surface area contributed by atoms with Gasteiger partial charge in [-0.15, -0.1) is 0 Å². The minimum Gasteiger partial charge on any atom is -0.416 e. The summed E-state index contributed by atoms with van der Waals surface area (Å²) < 4.78 is 375. The molecule has 0 atom stereocenters. The number of alkyl halides is 26. The first kappa shape index (κ1) is 51.1.